The Morgan fingerprint density at radius 2 is 1.44 bits per heavy atom. The standard InChI is InChI=1S/C28H41N7S/c1-21-17-22(2)20-35(19-21)26-18-25(34-15-13-33(14-16-34)24-11-7-4-8-12-24)30-27(31-26)32-28(36)29-23-9-5-3-6-10-23/h4,7-8,11-12,18,21-23H,3,5-6,9-10,13-17,19-20H2,1-2H3,(H2,29,30,31,32,36)/t21-,22+. The third-order valence-electron chi connectivity index (χ3n) is 7.78. The zero-order chi connectivity index (χ0) is 24.9. The summed E-state index contributed by atoms with van der Waals surface area (Å²) in [6.07, 6.45) is 7.52. The highest BCUT2D eigenvalue weighted by Crippen LogP contribution is 2.29. The summed E-state index contributed by atoms with van der Waals surface area (Å²) in [5, 5.41) is 7.49. The Morgan fingerprint density at radius 1 is 0.833 bits per heavy atom. The number of hydrogen-bond acceptors (Lipinski definition) is 6. The molecule has 194 valence electrons. The zero-order valence-electron chi connectivity index (χ0n) is 21.8. The van der Waals surface area contributed by atoms with Crippen molar-refractivity contribution in [1.29, 1.82) is 0 Å². The van der Waals surface area contributed by atoms with E-state index in [1.807, 2.05) is 0 Å². The van der Waals surface area contributed by atoms with Crippen molar-refractivity contribution in [1.82, 2.24) is 15.3 Å². The summed E-state index contributed by atoms with van der Waals surface area (Å²) >= 11 is 5.69. The van der Waals surface area contributed by atoms with E-state index in [1.165, 1.54) is 44.2 Å². The van der Waals surface area contributed by atoms with Gasteiger partial charge in [0.15, 0.2) is 5.11 Å². The second-order valence-corrected chi connectivity index (χ2v) is 11.4. The second kappa shape index (κ2) is 11.6. The van der Waals surface area contributed by atoms with E-state index in [1.54, 1.807) is 0 Å². The fourth-order valence-electron chi connectivity index (χ4n) is 6.05. The Morgan fingerprint density at radius 3 is 2.11 bits per heavy atom. The number of benzene rings is 1. The lowest BCUT2D eigenvalue weighted by molar-refractivity contribution is 0.355. The van der Waals surface area contributed by atoms with Crippen LogP contribution in [0.1, 0.15) is 52.4 Å². The molecule has 3 aliphatic rings. The molecule has 0 radical (unpaired) electrons. The van der Waals surface area contributed by atoms with Crippen LogP contribution in [0.15, 0.2) is 36.4 Å². The van der Waals surface area contributed by atoms with E-state index in [-0.39, 0.29) is 0 Å². The largest absolute Gasteiger partial charge is 0.368 e. The Hall–Kier alpha value is -2.61. The zero-order valence-corrected chi connectivity index (χ0v) is 22.6. The molecule has 0 amide bonds. The van der Waals surface area contributed by atoms with E-state index in [2.05, 4.69) is 75.6 Å². The minimum atomic E-state index is 0.455. The number of hydrogen-bond donors (Lipinski definition) is 2. The monoisotopic (exact) mass is 507 g/mol. The van der Waals surface area contributed by atoms with Crippen molar-refractivity contribution in [3.63, 3.8) is 0 Å². The van der Waals surface area contributed by atoms with Gasteiger partial charge >= 0.3 is 0 Å². The molecule has 8 heteroatoms. The second-order valence-electron chi connectivity index (χ2n) is 11.0. The number of nitrogens with zero attached hydrogens (tertiary/aromatic N) is 5. The maximum Gasteiger partial charge on any atom is 0.232 e. The quantitative estimate of drug-likeness (QED) is 0.554. The maximum atomic E-state index is 5.69. The molecule has 0 bridgehead atoms. The number of anilines is 4. The molecule has 0 spiro atoms. The molecule has 7 nitrogen and oxygen atoms in total. The van der Waals surface area contributed by atoms with Crippen molar-refractivity contribution in [2.75, 3.05) is 59.3 Å². The van der Waals surface area contributed by atoms with Crippen molar-refractivity contribution >= 4 is 40.6 Å². The Balaban J connectivity index is 1.33. The van der Waals surface area contributed by atoms with E-state index >= 15 is 0 Å². The lowest BCUT2D eigenvalue weighted by atomic mass is 9.92. The van der Waals surface area contributed by atoms with Crippen LogP contribution in [0.5, 0.6) is 0 Å². The predicted molar refractivity (Wildman–Crippen MR) is 154 cm³/mol. The fourth-order valence-corrected chi connectivity index (χ4v) is 6.31. The molecule has 3 fully saturated rings. The van der Waals surface area contributed by atoms with Gasteiger partial charge in [0.1, 0.15) is 11.6 Å². The number of rotatable bonds is 5. The van der Waals surface area contributed by atoms with E-state index < -0.39 is 0 Å². The molecule has 36 heavy (non-hydrogen) atoms. The molecule has 2 N–H and O–H groups in total. The van der Waals surface area contributed by atoms with Gasteiger partial charge < -0.3 is 25.3 Å². The highest BCUT2D eigenvalue weighted by molar-refractivity contribution is 7.80. The summed E-state index contributed by atoms with van der Waals surface area (Å²) < 4.78 is 0. The number of thiocarbonyl (C=S) groups is 1. The van der Waals surface area contributed by atoms with Gasteiger partial charge in [-0.25, -0.2) is 0 Å². The summed E-state index contributed by atoms with van der Waals surface area (Å²) in [6.45, 7) is 10.6. The molecular weight excluding hydrogens is 466 g/mol. The van der Waals surface area contributed by atoms with Crippen LogP contribution in [0.25, 0.3) is 0 Å². The van der Waals surface area contributed by atoms with Gasteiger partial charge in [-0.1, -0.05) is 51.3 Å². The van der Waals surface area contributed by atoms with Crippen LogP contribution in [0.3, 0.4) is 0 Å². The third kappa shape index (κ3) is 6.38. The average Bonchev–Trinajstić information content (AvgIpc) is 2.89. The maximum absolute atomic E-state index is 5.69. The molecule has 2 aliphatic heterocycles. The smallest absolute Gasteiger partial charge is 0.232 e. The van der Waals surface area contributed by atoms with Crippen LogP contribution in [0.4, 0.5) is 23.3 Å². The van der Waals surface area contributed by atoms with Crippen LogP contribution in [-0.2, 0) is 0 Å². The van der Waals surface area contributed by atoms with Crippen LogP contribution in [0, 0.1) is 11.8 Å². The normalized spacial score (nSPS) is 23.4. The highest BCUT2D eigenvalue weighted by Gasteiger charge is 2.26. The summed E-state index contributed by atoms with van der Waals surface area (Å²) in [7, 11) is 0. The first-order valence-corrected chi connectivity index (χ1v) is 14.2. The third-order valence-corrected chi connectivity index (χ3v) is 8.00. The van der Waals surface area contributed by atoms with Gasteiger partial charge in [-0.05, 0) is 55.4 Å². The van der Waals surface area contributed by atoms with Gasteiger partial charge in [0.25, 0.3) is 0 Å². The van der Waals surface area contributed by atoms with E-state index in [0.717, 1.165) is 50.9 Å². The SMILES string of the molecule is C[C@@H]1C[C@H](C)CN(c2cc(N3CCN(c4ccccc4)CC3)nc(NC(=S)NC3CCCCC3)n2)C1. The average molecular weight is 508 g/mol. The van der Waals surface area contributed by atoms with Crippen molar-refractivity contribution in [3.8, 4) is 0 Å². The summed E-state index contributed by atoms with van der Waals surface area (Å²) in [4.78, 5) is 17.2. The van der Waals surface area contributed by atoms with Crippen LogP contribution in [-0.4, -0.2) is 60.4 Å². The number of nitrogens with one attached hydrogen (secondary N) is 2. The van der Waals surface area contributed by atoms with Gasteiger partial charge in [-0.15, -0.1) is 0 Å². The molecule has 1 aromatic heterocycles. The lowest BCUT2D eigenvalue weighted by Gasteiger charge is -2.38. The van der Waals surface area contributed by atoms with Gasteiger partial charge in [0, 0.05) is 57.1 Å². The van der Waals surface area contributed by atoms with Crippen LogP contribution in [0.2, 0.25) is 0 Å². The minimum absolute atomic E-state index is 0.455. The number of piperidine rings is 1. The Bertz CT molecular complexity index is 992. The minimum Gasteiger partial charge on any atom is -0.368 e. The summed E-state index contributed by atoms with van der Waals surface area (Å²) in [5.41, 5.74) is 1.29. The molecule has 1 aliphatic carbocycles. The van der Waals surface area contributed by atoms with E-state index in [4.69, 9.17) is 22.2 Å². The first-order valence-electron chi connectivity index (χ1n) is 13.8. The molecule has 2 aromatic rings. The first kappa shape index (κ1) is 25.1. The van der Waals surface area contributed by atoms with Gasteiger partial charge in [0.2, 0.25) is 5.95 Å². The van der Waals surface area contributed by atoms with Crippen molar-refractivity contribution in [3.05, 3.63) is 36.4 Å². The van der Waals surface area contributed by atoms with Crippen LogP contribution >= 0.6 is 12.2 Å². The van der Waals surface area contributed by atoms with Gasteiger partial charge in [0.05, 0.1) is 0 Å². The van der Waals surface area contributed by atoms with Gasteiger partial charge in [-0.3, -0.25) is 0 Å². The van der Waals surface area contributed by atoms with E-state index in [0.29, 0.717) is 28.9 Å². The molecular formula is C28H41N7S. The summed E-state index contributed by atoms with van der Waals surface area (Å²) in [5.74, 6) is 3.92. The molecule has 0 unspecified atom stereocenters. The topological polar surface area (TPSA) is 59.6 Å². The first-order chi connectivity index (χ1) is 17.5. The number of para-hydroxylation sites is 1. The lowest BCUT2D eigenvalue weighted by Crippen LogP contribution is -2.47. The molecule has 5 rings (SSSR count). The molecule has 1 aromatic carbocycles. The van der Waals surface area contributed by atoms with Gasteiger partial charge in [-0.2, -0.15) is 9.97 Å². The Kier molecular flexibility index (Phi) is 8.09. The number of aromatic nitrogens is 2. The fraction of sp³-hybridized carbons (Fsp3) is 0.607. The highest BCUT2D eigenvalue weighted by atomic mass is 32.1. The molecule has 3 heterocycles. The molecule has 2 saturated heterocycles. The van der Waals surface area contributed by atoms with Crippen molar-refractivity contribution < 1.29 is 0 Å². The predicted octanol–water partition coefficient (Wildman–Crippen LogP) is 4.90. The van der Waals surface area contributed by atoms with E-state index in [9.17, 15) is 0 Å². The Labute approximate surface area is 221 Å². The van der Waals surface area contributed by atoms with Crippen molar-refractivity contribution in [2.24, 2.45) is 11.8 Å². The van der Waals surface area contributed by atoms with Crippen LogP contribution < -0.4 is 25.3 Å². The molecule has 2 atom stereocenters. The number of piperazine rings is 1. The van der Waals surface area contributed by atoms with Crippen molar-refractivity contribution in [2.45, 2.75) is 58.4 Å². The molecule has 1 saturated carbocycles. The summed E-state index contributed by atoms with van der Waals surface area (Å²) in [6, 6.07) is 13.3.